The summed E-state index contributed by atoms with van der Waals surface area (Å²) in [5.41, 5.74) is 4.51. The number of hydrogen-bond acceptors (Lipinski definition) is 1. The van der Waals surface area contributed by atoms with Crippen LogP contribution in [0.25, 0.3) is 5.69 Å². The summed E-state index contributed by atoms with van der Waals surface area (Å²) in [4.78, 5) is 0. The van der Waals surface area contributed by atoms with E-state index in [0.29, 0.717) is 11.1 Å². The molecule has 1 aromatic heterocycles. The largest absolute Gasteiger partial charge is 0.222 e. The van der Waals surface area contributed by atoms with Crippen molar-refractivity contribution < 1.29 is 0 Å². The fourth-order valence-electron chi connectivity index (χ4n) is 1.87. The maximum absolute atomic E-state index is 6.24. The lowest BCUT2D eigenvalue weighted by Crippen LogP contribution is -2.01. The Morgan fingerprint density at radius 3 is 2.41 bits per heavy atom. The molecule has 1 heterocycles. The monoisotopic (exact) mass is 248 g/mol. The molecule has 0 unspecified atom stereocenters. The second-order valence-corrected chi connectivity index (χ2v) is 5.14. The van der Waals surface area contributed by atoms with Gasteiger partial charge in [-0.05, 0) is 37.5 Å². The van der Waals surface area contributed by atoms with E-state index >= 15 is 0 Å². The quantitative estimate of drug-likeness (QED) is 0.776. The summed E-state index contributed by atoms with van der Waals surface area (Å²) >= 11 is 6.24. The van der Waals surface area contributed by atoms with E-state index in [1.807, 2.05) is 10.7 Å². The molecule has 2 nitrogen and oxygen atoms in total. The Labute approximate surface area is 107 Å². The predicted molar refractivity (Wildman–Crippen MR) is 72.1 cm³/mol. The van der Waals surface area contributed by atoms with Gasteiger partial charge in [-0.1, -0.05) is 43.1 Å². The molecule has 0 aliphatic carbocycles. The van der Waals surface area contributed by atoms with E-state index in [1.54, 1.807) is 0 Å². The molecule has 2 rings (SSSR count). The topological polar surface area (TPSA) is 17.8 Å². The Balaban J connectivity index is 2.52. The first-order chi connectivity index (χ1) is 7.99. The standard InChI is InChI=1S/C14H17ClN2/c1-9(2)12-8-14(15)17(16-12)13-6-5-10(3)7-11(13)4/h5-9H,1-4H3. The molecule has 0 amide bonds. The van der Waals surface area contributed by atoms with Crippen LogP contribution < -0.4 is 0 Å². The zero-order chi connectivity index (χ0) is 12.6. The van der Waals surface area contributed by atoms with Gasteiger partial charge >= 0.3 is 0 Å². The molecule has 0 atom stereocenters. The molecule has 0 N–H and O–H groups in total. The van der Waals surface area contributed by atoms with Gasteiger partial charge < -0.3 is 0 Å². The fourth-order valence-corrected chi connectivity index (χ4v) is 2.11. The Morgan fingerprint density at radius 2 is 1.88 bits per heavy atom. The van der Waals surface area contributed by atoms with Gasteiger partial charge in [0.05, 0.1) is 11.4 Å². The molecule has 2 aromatic rings. The lowest BCUT2D eigenvalue weighted by atomic mass is 10.1. The molecule has 0 radical (unpaired) electrons. The first-order valence-corrected chi connectivity index (χ1v) is 6.20. The summed E-state index contributed by atoms with van der Waals surface area (Å²) in [6.07, 6.45) is 0. The van der Waals surface area contributed by atoms with E-state index in [-0.39, 0.29) is 0 Å². The molecular formula is C14H17ClN2. The zero-order valence-corrected chi connectivity index (χ0v) is 11.4. The molecule has 90 valence electrons. The first-order valence-electron chi connectivity index (χ1n) is 5.82. The van der Waals surface area contributed by atoms with Crippen LogP contribution in [0.2, 0.25) is 5.15 Å². The molecule has 3 heteroatoms. The van der Waals surface area contributed by atoms with Gasteiger partial charge in [-0.3, -0.25) is 0 Å². The lowest BCUT2D eigenvalue weighted by molar-refractivity contribution is 0.766. The smallest absolute Gasteiger partial charge is 0.133 e. The van der Waals surface area contributed by atoms with Crippen molar-refractivity contribution in [1.29, 1.82) is 0 Å². The van der Waals surface area contributed by atoms with E-state index in [9.17, 15) is 0 Å². The highest BCUT2D eigenvalue weighted by molar-refractivity contribution is 6.29. The minimum absolute atomic E-state index is 0.388. The Hall–Kier alpha value is -1.28. The van der Waals surface area contributed by atoms with Crippen LogP contribution in [0.3, 0.4) is 0 Å². The van der Waals surface area contributed by atoms with Crippen LogP contribution in [-0.2, 0) is 0 Å². The van der Waals surface area contributed by atoms with E-state index in [0.717, 1.165) is 11.4 Å². The van der Waals surface area contributed by atoms with Gasteiger partial charge in [0, 0.05) is 0 Å². The van der Waals surface area contributed by atoms with Gasteiger partial charge in [-0.25, -0.2) is 4.68 Å². The van der Waals surface area contributed by atoms with Gasteiger partial charge in [0.25, 0.3) is 0 Å². The third kappa shape index (κ3) is 2.37. The summed E-state index contributed by atoms with van der Waals surface area (Å²) < 4.78 is 1.81. The Morgan fingerprint density at radius 1 is 1.18 bits per heavy atom. The van der Waals surface area contributed by atoms with Crippen LogP contribution in [0, 0.1) is 13.8 Å². The van der Waals surface area contributed by atoms with Crippen molar-refractivity contribution >= 4 is 11.6 Å². The molecule has 17 heavy (non-hydrogen) atoms. The van der Waals surface area contributed by atoms with Crippen LogP contribution in [0.1, 0.15) is 36.6 Å². The maximum atomic E-state index is 6.24. The van der Waals surface area contributed by atoms with Gasteiger partial charge in [0.1, 0.15) is 5.15 Å². The van der Waals surface area contributed by atoms with Crippen LogP contribution in [-0.4, -0.2) is 9.78 Å². The second kappa shape index (κ2) is 4.53. The minimum atomic E-state index is 0.388. The van der Waals surface area contributed by atoms with Crippen LogP contribution in [0.15, 0.2) is 24.3 Å². The third-order valence-electron chi connectivity index (χ3n) is 2.86. The molecule has 0 aliphatic heterocycles. The second-order valence-electron chi connectivity index (χ2n) is 4.75. The first kappa shape index (κ1) is 12.2. The van der Waals surface area contributed by atoms with Crippen molar-refractivity contribution in [3.05, 3.63) is 46.2 Å². The number of halogens is 1. The summed E-state index contributed by atoms with van der Waals surface area (Å²) in [5, 5.41) is 5.22. The highest BCUT2D eigenvalue weighted by Crippen LogP contribution is 2.24. The normalized spacial score (nSPS) is 11.2. The number of benzene rings is 1. The zero-order valence-electron chi connectivity index (χ0n) is 10.7. The average Bonchev–Trinajstić information content (AvgIpc) is 2.61. The van der Waals surface area contributed by atoms with E-state index in [4.69, 9.17) is 11.6 Å². The molecule has 1 aromatic carbocycles. The van der Waals surface area contributed by atoms with Crippen molar-refractivity contribution in [3.63, 3.8) is 0 Å². The lowest BCUT2D eigenvalue weighted by Gasteiger charge is -2.08. The highest BCUT2D eigenvalue weighted by Gasteiger charge is 2.11. The summed E-state index contributed by atoms with van der Waals surface area (Å²) in [6.45, 7) is 8.40. The molecule has 0 aliphatic rings. The fraction of sp³-hybridized carbons (Fsp3) is 0.357. The number of nitrogens with zero attached hydrogens (tertiary/aromatic N) is 2. The molecule has 0 spiro atoms. The number of rotatable bonds is 2. The van der Waals surface area contributed by atoms with E-state index in [1.165, 1.54) is 11.1 Å². The third-order valence-corrected chi connectivity index (χ3v) is 3.13. The SMILES string of the molecule is Cc1ccc(-n2nc(C(C)C)cc2Cl)c(C)c1. The molecular weight excluding hydrogens is 232 g/mol. The van der Waals surface area contributed by atoms with Crippen LogP contribution in [0.4, 0.5) is 0 Å². The van der Waals surface area contributed by atoms with Crippen LogP contribution in [0.5, 0.6) is 0 Å². The molecule has 0 saturated heterocycles. The predicted octanol–water partition coefficient (Wildman–Crippen LogP) is 4.27. The minimum Gasteiger partial charge on any atom is -0.222 e. The van der Waals surface area contributed by atoms with Crippen molar-refractivity contribution in [2.75, 3.05) is 0 Å². The number of aryl methyl sites for hydroxylation is 2. The van der Waals surface area contributed by atoms with Gasteiger partial charge in [0.2, 0.25) is 0 Å². The van der Waals surface area contributed by atoms with Crippen molar-refractivity contribution in [2.45, 2.75) is 33.6 Å². The highest BCUT2D eigenvalue weighted by atomic mass is 35.5. The molecule has 0 fully saturated rings. The maximum Gasteiger partial charge on any atom is 0.133 e. The summed E-state index contributed by atoms with van der Waals surface area (Å²) in [5.74, 6) is 0.388. The number of hydrogen-bond donors (Lipinski definition) is 0. The summed E-state index contributed by atoms with van der Waals surface area (Å²) in [6, 6.07) is 8.22. The van der Waals surface area contributed by atoms with Crippen molar-refractivity contribution in [1.82, 2.24) is 9.78 Å². The Bertz CT molecular complexity index is 541. The van der Waals surface area contributed by atoms with Gasteiger partial charge in [-0.15, -0.1) is 0 Å². The van der Waals surface area contributed by atoms with E-state index in [2.05, 4.69) is 51.0 Å². The summed E-state index contributed by atoms with van der Waals surface area (Å²) in [7, 11) is 0. The Kier molecular flexibility index (Phi) is 3.25. The van der Waals surface area contributed by atoms with Crippen molar-refractivity contribution in [2.24, 2.45) is 0 Å². The van der Waals surface area contributed by atoms with Gasteiger partial charge in [-0.2, -0.15) is 5.10 Å². The average molecular weight is 249 g/mol. The van der Waals surface area contributed by atoms with Gasteiger partial charge in [0.15, 0.2) is 0 Å². The number of aromatic nitrogens is 2. The van der Waals surface area contributed by atoms with E-state index < -0.39 is 0 Å². The molecule has 0 bridgehead atoms. The van der Waals surface area contributed by atoms with Crippen molar-refractivity contribution in [3.8, 4) is 5.69 Å². The van der Waals surface area contributed by atoms with Crippen LogP contribution >= 0.6 is 11.6 Å². The molecule has 0 saturated carbocycles.